The zero-order chi connectivity index (χ0) is 26.8. The van der Waals surface area contributed by atoms with Crippen LogP contribution < -0.4 is 10.6 Å². The Morgan fingerprint density at radius 3 is 2.66 bits per heavy atom. The topological polar surface area (TPSA) is 88.9 Å². The van der Waals surface area contributed by atoms with Crippen molar-refractivity contribution in [3.05, 3.63) is 77.1 Å². The number of hydrogen-bond acceptors (Lipinski definition) is 5. The Morgan fingerprint density at radius 2 is 1.97 bits per heavy atom. The van der Waals surface area contributed by atoms with Crippen LogP contribution in [-0.2, 0) is 17.6 Å². The first kappa shape index (κ1) is 26.1. The fourth-order valence-electron chi connectivity index (χ4n) is 5.19. The van der Waals surface area contributed by atoms with Crippen LogP contribution in [-0.4, -0.2) is 32.6 Å². The zero-order valence-electron chi connectivity index (χ0n) is 21.3. The number of amides is 2. The first-order chi connectivity index (χ1) is 18.4. The van der Waals surface area contributed by atoms with E-state index in [-0.39, 0.29) is 17.9 Å². The summed E-state index contributed by atoms with van der Waals surface area (Å²) in [7, 11) is 0. The second-order valence-corrected chi connectivity index (χ2v) is 11.0. The van der Waals surface area contributed by atoms with Gasteiger partial charge in [-0.25, -0.2) is 9.67 Å². The summed E-state index contributed by atoms with van der Waals surface area (Å²) in [5.41, 5.74) is 5.68. The van der Waals surface area contributed by atoms with E-state index in [0.29, 0.717) is 21.4 Å². The highest BCUT2D eigenvalue weighted by Crippen LogP contribution is 2.44. The Balaban J connectivity index is 1.58. The Kier molecular flexibility index (Phi) is 7.63. The van der Waals surface area contributed by atoms with Crippen LogP contribution in [0.4, 0.5) is 5.13 Å². The highest BCUT2D eigenvalue weighted by atomic mass is 35.5. The summed E-state index contributed by atoms with van der Waals surface area (Å²) in [6.07, 6.45) is 12.4. The van der Waals surface area contributed by atoms with Crippen molar-refractivity contribution in [2.45, 2.75) is 57.9 Å². The van der Waals surface area contributed by atoms with Crippen LogP contribution in [0.1, 0.15) is 66.3 Å². The third-order valence-corrected chi connectivity index (χ3v) is 8.28. The number of fused-ring (bicyclic) bond motifs is 3. The zero-order valence-corrected chi connectivity index (χ0v) is 22.9. The van der Waals surface area contributed by atoms with Gasteiger partial charge in [0.1, 0.15) is 0 Å². The third kappa shape index (κ3) is 5.11. The summed E-state index contributed by atoms with van der Waals surface area (Å²) in [5, 5.41) is 11.9. The molecule has 0 atom stereocenters. The first-order valence-corrected chi connectivity index (χ1v) is 14.0. The van der Waals surface area contributed by atoms with Gasteiger partial charge in [-0.3, -0.25) is 9.59 Å². The summed E-state index contributed by atoms with van der Waals surface area (Å²) in [5.74, 6) is -0.278. The quantitative estimate of drug-likeness (QED) is 0.329. The number of rotatable bonds is 7. The molecule has 0 radical (unpaired) electrons. The standard InChI is InChI=1S/C29H30ClN5O2S/c1-4-9-18(5-2)25-21-13-14-23-27(38-29(33-23)31-17(3)36)26(21)35(34-25)24-15-12-19(16-22(24)30)28(37)32-20-10-7-6-8-11-20/h4-5,9,12,15-16,20H,1-2,6-8,10-11,13-14H2,3H3,(H,32,37)(H,31,33,36)/b18-9+. The normalized spacial score (nSPS) is 15.4. The molecule has 2 N–H and O–H groups in total. The van der Waals surface area contributed by atoms with E-state index in [2.05, 4.69) is 28.8 Å². The van der Waals surface area contributed by atoms with Gasteiger partial charge in [-0.2, -0.15) is 5.10 Å². The molecule has 1 aromatic carbocycles. The molecule has 9 heteroatoms. The average Bonchev–Trinajstić information content (AvgIpc) is 3.48. The van der Waals surface area contributed by atoms with Gasteiger partial charge in [-0.05, 0) is 43.9 Å². The van der Waals surface area contributed by atoms with E-state index >= 15 is 0 Å². The largest absolute Gasteiger partial charge is 0.349 e. The second-order valence-electron chi connectivity index (χ2n) is 9.60. The second kappa shape index (κ2) is 11.1. The molecule has 2 aromatic heterocycles. The molecule has 2 amide bonds. The van der Waals surface area contributed by atoms with Crippen molar-refractivity contribution in [1.82, 2.24) is 20.1 Å². The molecule has 1 saturated carbocycles. The number of carbonyl (C=O) groups is 2. The molecular formula is C29H30ClN5O2S. The summed E-state index contributed by atoms with van der Waals surface area (Å²) in [6, 6.07) is 5.55. The van der Waals surface area contributed by atoms with Gasteiger partial charge < -0.3 is 10.6 Å². The number of nitrogens with zero attached hydrogens (tertiary/aromatic N) is 3. The van der Waals surface area contributed by atoms with Crippen LogP contribution in [0.3, 0.4) is 0 Å². The van der Waals surface area contributed by atoms with E-state index in [1.807, 2.05) is 16.8 Å². The van der Waals surface area contributed by atoms with Gasteiger partial charge in [0.2, 0.25) is 5.91 Å². The maximum atomic E-state index is 12.9. The number of aryl methyl sites for hydroxylation is 1. The predicted octanol–water partition coefficient (Wildman–Crippen LogP) is 6.52. The van der Waals surface area contributed by atoms with Crippen LogP contribution in [0.25, 0.3) is 21.8 Å². The minimum atomic E-state index is -0.168. The lowest BCUT2D eigenvalue weighted by Crippen LogP contribution is -2.36. The molecule has 196 valence electrons. The first-order valence-electron chi connectivity index (χ1n) is 12.9. The number of thiazole rings is 1. The van der Waals surface area contributed by atoms with Gasteiger partial charge >= 0.3 is 0 Å². The fraction of sp³-hybridized carbons (Fsp3) is 0.310. The molecule has 5 rings (SSSR count). The lowest BCUT2D eigenvalue weighted by molar-refractivity contribution is -0.114. The van der Waals surface area contributed by atoms with Gasteiger partial charge in [0, 0.05) is 29.7 Å². The van der Waals surface area contributed by atoms with Gasteiger partial charge in [-0.1, -0.05) is 73.6 Å². The highest BCUT2D eigenvalue weighted by molar-refractivity contribution is 7.19. The molecule has 0 unspecified atom stereocenters. The van der Waals surface area contributed by atoms with Crippen LogP contribution >= 0.6 is 22.9 Å². The number of anilines is 1. The summed E-state index contributed by atoms with van der Waals surface area (Å²) < 4.78 is 1.82. The van der Waals surface area contributed by atoms with Crippen molar-refractivity contribution >= 4 is 45.5 Å². The highest BCUT2D eigenvalue weighted by Gasteiger charge is 2.30. The smallest absolute Gasteiger partial charge is 0.251 e. The average molecular weight is 548 g/mol. The van der Waals surface area contributed by atoms with E-state index in [4.69, 9.17) is 16.7 Å². The number of hydrogen-bond donors (Lipinski definition) is 2. The minimum Gasteiger partial charge on any atom is -0.349 e. The Labute approximate surface area is 231 Å². The van der Waals surface area contributed by atoms with E-state index in [1.165, 1.54) is 24.7 Å². The van der Waals surface area contributed by atoms with Crippen molar-refractivity contribution in [2.24, 2.45) is 0 Å². The fourth-order valence-corrected chi connectivity index (χ4v) is 6.56. The van der Waals surface area contributed by atoms with Crippen LogP contribution in [0.15, 0.2) is 49.6 Å². The maximum absolute atomic E-state index is 12.9. The monoisotopic (exact) mass is 547 g/mol. The van der Waals surface area contributed by atoms with Crippen LogP contribution in [0.5, 0.6) is 0 Å². The van der Waals surface area contributed by atoms with E-state index in [0.717, 1.165) is 71.6 Å². The lowest BCUT2D eigenvalue weighted by Gasteiger charge is -2.23. The summed E-state index contributed by atoms with van der Waals surface area (Å²) in [6.45, 7) is 9.27. The van der Waals surface area contributed by atoms with Gasteiger partial charge in [0.05, 0.1) is 32.7 Å². The molecule has 2 heterocycles. The maximum Gasteiger partial charge on any atom is 0.251 e. The molecular weight excluding hydrogens is 518 g/mol. The molecule has 7 nitrogen and oxygen atoms in total. The molecule has 38 heavy (non-hydrogen) atoms. The van der Waals surface area contributed by atoms with Crippen molar-refractivity contribution < 1.29 is 9.59 Å². The number of benzene rings is 1. The summed E-state index contributed by atoms with van der Waals surface area (Å²) >= 11 is 8.24. The molecule has 3 aromatic rings. The number of nitrogens with one attached hydrogen (secondary N) is 2. The summed E-state index contributed by atoms with van der Waals surface area (Å²) in [4.78, 5) is 30.2. The molecule has 0 bridgehead atoms. The number of carbonyl (C=O) groups excluding carboxylic acids is 2. The Hall–Kier alpha value is -3.49. The molecule has 0 aliphatic heterocycles. The van der Waals surface area contributed by atoms with E-state index < -0.39 is 0 Å². The predicted molar refractivity (Wildman–Crippen MR) is 154 cm³/mol. The molecule has 2 aliphatic carbocycles. The molecule has 1 fully saturated rings. The molecule has 0 spiro atoms. The third-order valence-electron chi connectivity index (χ3n) is 6.96. The minimum absolute atomic E-state index is 0.110. The lowest BCUT2D eigenvalue weighted by atomic mass is 9.94. The van der Waals surface area contributed by atoms with E-state index in [1.54, 1.807) is 24.3 Å². The molecule has 0 saturated heterocycles. The van der Waals surface area contributed by atoms with Crippen LogP contribution in [0, 0.1) is 0 Å². The van der Waals surface area contributed by atoms with Crippen molar-refractivity contribution in [2.75, 3.05) is 5.32 Å². The van der Waals surface area contributed by atoms with Crippen molar-refractivity contribution in [1.29, 1.82) is 0 Å². The van der Waals surface area contributed by atoms with Crippen LogP contribution in [0.2, 0.25) is 5.02 Å². The van der Waals surface area contributed by atoms with Crippen molar-refractivity contribution in [3.8, 4) is 16.3 Å². The Bertz CT molecular complexity index is 1460. The number of aromatic nitrogens is 3. The number of allylic oxidation sites excluding steroid dienone is 4. The van der Waals surface area contributed by atoms with Crippen molar-refractivity contribution in [3.63, 3.8) is 0 Å². The SMILES string of the molecule is C=C/C=C(\C=C)c1nn(-c2ccc(C(=O)NC3CCCCC3)cc2Cl)c2c1CCc1nc(NC(C)=O)sc1-2. The number of halogens is 1. The van der Waals surface area contributed by atoms with Gasteiger partial charge in [-0.15, -0.1) is 0 Å². The molecule has 2 aliphatic rings. The van der Waals surface area contributed by atoms with Gasteiger partial charge in [0.25, 0.3) is 5.91 Å². The van der Waals surface area contributed by atoms with E-state index in [9.17, 15) is 9.59 Å². The Morgan fingerprint density at radius 1 is 1.18 bits per heavy atom. The van der Waals surface area contributed by atoms with Gasteiger partial charge in [0.15, 0.2) is 5.13 Å².